The van der Waals surface area contributed by atoms with Crippen molar-refractivity contribution in [2.75, 3.05) is 24.6 Å². The highest BCUT2D eigenvalue weighted by Gasteiger charge is 2.27. The first kappa shape index (κ1) is 13.6. The molecule has 2 amide bonds. The van der Waals surface area contributed by atoms with Crippen LogP contribution in [-0.2, 0) is 9.84 Å². The Morgan fingerprint density at radius 2 is 1.89 bits per heavy atom. The Balaban J connectivity index is 1.81. The minimum absolute atomic E-state index is 0.0224. The Kier molecular flexibility index (Phi) is 4.14. The molecule has 5 nitrogen and oxygen atoms in total. The first-order valence-corrected chi connectivity index (χ1v) is 8.54. The van der Waals surface area contributed by atoms with E-state index in [4.69, 9.17) is 0 Å². The van der Waals surface area contributed by atoms with Crippen molar-refractivity contribution in [3.63, 3.8) is 0 Å². The van der Waals surface area contributed by atoms with E-state index in [9.17, 15) is 13.2 Å². The van der Waals surface area contributed by atoms with Gasteiger partial charge >= 0.3 is 6.03 Å². The predicted molar refractivity (Wildman–Crippen MR) is 70.2 cm³/mol. The van der Waals surface area contributed by atoms with Gasteiger partial charge in [-0.25, -0.2) is 13.2 Å². The van der Waals surface area contributed by atoms with Gasteiger partial charge in [-0.05, 0) is 31.6 Å². The summed E-state index contributed by atoms with van der Waals surface area (Å²) in [5, 5.41) is 2.97. The van der Waals surface area contributed by atoms with Crippen LogP contribution in [0.25, 0.3) is 0 Å². The number of piperidine rings is 1. The third kappa shape index (κ3) is 3.60. The molecule has 2 aliphatic rings. The summed E-state index contributed by atoms with van der Waals surface area (Å²) in [6, 6.07) is 0.00380. The molecule has 2 saturated heterocycles. The number of hydrogen-bond acceptors (Lipinski definition) is 3. The quantitative estimate of drug-likeness (QED) is 0.776. The maximum absolute atomic E-state index is 12.0. The lowest BCUT2D eigenvalue weighted by atomic mass is 10.0. The fourth-order valence-electron chi connectivity index (χ4n) is 2.67. The van der Waals surface area contributed by atoms with Gasteiger partial charge in [-0.3, -0.25) is 0 Å². The number of urea groups is 1. The van der Waals surface area contributed by atoms with Gasteiger partial charge < -0.3 is 10.2 Å². The maximum Gasteiger partial charge on any atom is 0.317 e. The van der Waals surface area contributed by atoms with Crippen molar-refractivity contribution < 1.29 is 13.2 Å². The average Bonchev–Trinajstić information content (AvgIpc) is 2.32. The maximum atomic E-state index is 12.0. The lowest BCUT2D eigenvalue weighted by molar-refractivity contribution is 0.165. The third-order valence-electron chi connectivity index (χ3n) is 3.83. The molecule has 0 bridgehead atoms. The number of rotatable bonds is 1. The van der Waals surface area contributed by atoms with Gasteiger partial charge in [0, 0.05) is 19.1 Å². The van der Waals surface area contributed by atoms with E-state index in [0.717, 1.165) is 19.5 Å². The molecule has 2 rings (SSSR count). The summed E-state index contributed by atoms with van der Waals surface area (Å²) in [4.78, 5) is 13.9. The van der Waals surface area contributed by atoms with Crippen LogP contribution < -0.4 is 5.32 Å². The summed E-state index contributed by atoms with van der Waals surface area (Å²) in [5.41, 5.74) is 0. The van der Waals surface area contributed by atoms with E-state index in [1.165, 1.54) is 6.42 Å². The highest BCUT2D eigenvalue weighted by atomic mass is 32.2. The summed E-state index contributed by atoms with van der Waals surface area (Å²) in [7, 11) is -2.85. The Bertz CT molecular complexity index is 394. The topological polar surface area (TPSA) is 66.5 Å². The first-order valence-electron chi connectivity index (χ1n) is 6.72. The smallest absolute Gasteiger partial charge is 0.317 e. The highest BCUT2D eigenvalue weighted by Crippen LogP contribution is 2.17. The van der Waals surface area contributed by atoms with E-state index in [1.54, 1.807) is 0 Å². The molecular weight excluding hydrogens is 252 g/mol. The van der Waals surface area contributed by atoms with E-state index in [1.807, 2.05) is 4.90 Å². The Hall–Kier alpha value is -0.780. The van der Waals surface area contributed by atoms with Crippen LogP contribution in [-0.4, -0.2) is 50.0 Å². The lowest BCUT2D eigenvalue weighted by Crippen LogP contribution is -2.50. The number of amides is 2. The van der Waals surface area contributed by atoms with Crippen molar-refractivity contribution in [3.05, 3.63) is 0 Å². The molecule has 0 aromatic carbocycles. The van der Waals surface area contributed by atoms with Gasteiger partial charge in [-0.2, -0.15) is 0 Å². The number of likely N-dealkylation sites (tertiary alicyclic amines) is 1. The van der Waals surface area contributed by atoms with E-state index in [-0.39, 0.29) is 23.6 Å². The lowest BCUT2D eigenvalue weighted by Gasteiger charge is -2.33. The zero-order chi connectivity index (χ0) is 13.2. The van der Waals surface area contributed by atoms with Crippen LogP contribution in [0.2, 0.25) is 0 Å². The number of nitrogens with zero attached hydrogens (tertiary/aromatic N) is 1. The van der Waals surface area contributed by atoms with Gasteiger partial charge in [0.1, 0.15) is 9.84 Å². The number of nitrogens with one attached hydrogen (secondary N) is 1. The average molecular weight is 274 g/mol. The molecule has 2 heterocycles. The number of sulfone groups is 1. The summed E-state index contributed by atoms with van der Waals surface area (Å²) in [5.74, 6) is 0.971. The molecular formula is C12H22N2O3S. The van der Waals surface area contributed by atoms with Crippen LogP contribution >= 0.6 is 0 Å². The molecule has 0 radical (unpaired) electrons. The van der Waals surface area contributed by atoms with Crippen LogP contribution in [0.5, 0.6) is 0 Å². The van der Waals surface area contributed by atoms with Gasteiger partial charge in [0.15, 0.2) is 0 Å². The summed E-state index contributed by atoms with van der Waals surface area (Å²) in [6.07, 6.45) is 3.36. The molecule has 1 atom stereocenters. The van der Waals surface area contributed by atoms with Crippen molar-refractivity contribution in [1.82, 2.24) is 10.2 Å². The van der Waals surface area contributed by atoms with Gasteiger partial charge in [0.05, 0.1) is 11.5 Å². The summed E-state index contributed by atoms with van der Waals surface area (Å²) in [6.45, 7) is 3.80. The second-order valence-electron chi connectivity index (χ2n) is 5.57. The van der Waals surface area contributed by atoms with E-state index >= 15 is 0 Å². The first-order chi connectivity index (χ1) is 8.46. The molecule has 2 fully saturated rings. The van der Waals surface area contributed by atoms with Crippen molar-refractivity contribution in [1.29, 1.82) is 0 Å². The Morgan fingerprint density at radius 3 is 2.50 bits per heavy atom. The molecule has 0 aliphatic carbocycles. The number of hydrogen-bond donors (Lipinski definition) is 1. The molecule has 18 heavy (non-hydrogen) atoms. The molecule has 0 spiro atoms. The zero-order valence-electron chi connectivity index (χ0n) is 10.9. The molecule has 0 aromatic rings. The minimum atomic E-state index is -2.85. The molecule has 1 unspecified atom stereocenters. The normalized spacial score (nSPS) is 28.9. The predicted octanol–water partition coefficient (Wildman–Crippen LogP) is 1.01. The van der Waals surface area contributed by atoms with Crippen LogP contribution in [0, 0.1) is 5.92 Å². The third-order valence-corrected chi connectivity index (χ3v) is 5.54. The minimum Gasteiger partial charge on any atom is -0.335 e. The Labute approximate surface area is 109 Å². The van der Waals surface area contributed by atoms with Crippen molar-refractivity contribution >= 4 is 15.9 Å². The summed E-state index contributed by atoms with van der Waals surface area (Å²) >= 11 is 0. The number of carbonyl (C=O) groups excluding carboxylic acids is 1. The second-order valence-corrected chi connectivity index (χ2v) is 7.87. The molecule has 2 aliphatic heterocycles. The number of carbonyl (C=O) groups is 1. The summed E-state index contributed by atoms with van der Waals surface area (Å²) < 4.78 is 22.6. The van der Waals surface area contributed by atoms with Crippen molar-refractivity contribution in [2.24, 2.45) is 5.92 Å². The van der Waals surface area contributed by atoms with Crippen molar-refractivity contribution in [3.8, 4) is 0 Å². The van der Waals surface area contributed by atoms with Gasteiger partial charge in [0.25, 0.3) is 0 Å². The molecule has 0 aromatic heterocycles. The fourth-order valence-corrected chi connectivity index (χ4v) is 4.17. The SMILES string of the molecule is CC1CCCN(C(=O)NC2CCS(=O)(=O)CC2)C1. The van der Waals surface area contributed by atoms with Crippen LogP contribution in [0.15, 0.2) is 0 Å². The van der Waals surface area contributed by atoms with E-state index in [2.05, 4.69) is 12.2 Å². The molecule has 104 valence electrons. The van der Waals surface area contributed by atoms with Crippen LogP contribution in [0.4, 0.5) is 4.79 Å². The zero-order valence-corrected chi connectivity index (χ0v) is 11.7. The molecule has 6 heteroatoms. The Morgan fingerprint density at radius 1 is 1.22 bits per heavy atom. The van der Waals surface area contributed by atoms with Gasteiger partial charge in [0.2, 0.25) is 0 Å². The van der Waals surface area contributed by atoms with Gasteiger partial charge in [-0.15, -0.1) is 0 Å². The van der Waals surface area contributed by atoms with Crippen LogP contribution in [0.1, 0.15) is 32.6 Å². The van der Waals surface area contributed by atoms with Gasteiger partial charge in [-0.1, -0.05) is 6.92 Å². The monoisotopic (exact) mass is 274 g/mol. The molecule has 0 saturated carbocycles. The molecule has 1 N–H and O–H groups in total. The van der Waals surface area contributed by atoms with E-state index < -0.39 is 9.84 Å². The standard InChI is InChI=1S/C12H22N2O3S/c1-10-3-2-6-14(9-10)12(15)13-11-4-7-18(16,17)8-5-11/h10-11H,2-9H2,1H3,(H,13,15). The van der Waals surface area contributed by atoms with Crippen molar-refractivity contribution in [2.45, 2.75) is 38.6 Å². The fraction of sp³-hybridized carbons (Fsp3) is 0.917. The highest BCUT2D eigenvalue weighted by molar-refractivity contribution is 7.91. The second kappa shape index (κ2) is 5.47. The van der Waals surface area contributed by atoms with Crippen LogP contribution in [0.3, 0.4) is 0 Å². The largest absolute Gasteiger partial charge is 0.335 e. The van der Waals surface area contributed by atoms with E-state index in [0.29, 0.717) is 18.8 Å².